The molecule has 0 unspecified atom stereocenters. The number of ether oxygens (including phenoxy) is 1. The van der Waals surface area contributed by atoms with Gasteiger partial charge in [-0.3, -0.25) is 9.69 Å². The summed E-state index contributed by atoms with van der Waals surface area (Å²) in [6, 6.07) is 0. The Hall–Kier alpha value is -1.14. The molecule has 6 heteroatoms. The van der Waals surface area contributed by atoms with Gasteiger partial charge in [0, 0.05) is 6.54 Å². The molecule has 0 aromatic heterocycles. The average molecular weight is 216 g/mol. The fraction of sp³-hybridized carbons (Fsp3) is 0.778. The molecule has 2 amide bonds. The number of aliphatic hydroxyl groups is 1. The molecule has 0 aromatic rings. The SMILES string of the molecule is CCN(CCO)CC(=O)N1CCOC1=O. The van der Waals surface area contributed by atoms with Crippen LogP contribution in [-0.4, -0.2) is 66.3 Å². The van der Waals surface area contributed by atoms with E-state index in [2.05, 4.69) is 4.74 Å². The van der Waals surface area contributed by atoms with Crippen molar-refractivity contribution in [2.75, 3.05) is 39.4 Å². The Kier molecular flexibility index (Phi) is 4.51. The minimum atomic E-state index is -0.569. The van der Waals surface area contributed by atoms with Crippen molar-refractivity contribution in [1.29, 1.82) is 0 Å². The molecule has 1 saturated heterocycles. The van der Waals surface area contributed by atoms with Crippen molar-refractivity contribution in [2.45, 2.75) is 6.92 Å². The zero-order valence-corrected chi connectivity index (χ0v) is 8.81. The van der Waals surface area contributed by atoms with E-state index < -0.39 is 6.09 Å². The van der Waals surface area contributed by atoms with Crippen LogP contribution in [0.15, 0.2) is 0 Å². The predicted molar refractivity (Wildman–Crippen MR) is 52.3 cm³/mol. The largest absolute Gasteiger partial charge is 0.447 e. The Balaban J connectivity index is 2.42. The molecule has 0 aliphatic carbocycles. The second-order valence-electron chi connectivity index (χ2n) is 3.25. The van der Waals surface area contributed by atoms with Crippen LogP contribution in [0.3, 0.4) is 0 Å². The number of aliphatic hydroxyl groups excluding tert-OH is 1. The van der Waals surface area contributed by atoms with Crippen molar-refractivity contribution in [3.05, 3.63) is 0 Å². The fourth-order valence-electron chi connectivity index (χ4n) is 1.39. The summed E-state index contributed by atoms with van der Waals surface area (Å²) in [4.78, 5) is 25.5. The maximum absolute atomic E-state index is 11.6. The van der Waals surface area contributed by atoms with E-state index in [-0.39, 0.29) is 25.7 Å². The Morgan fingerprint density at radius 2 is 2.40 bits per heavy atom. The number of hydrogen-bond donors (Lipinski definition) is 1. The number of carbonyl (C=O) groups excluding carboxylic acids is 2. The zero-order valence-electron chi connectivity index (χ0n) is 8.81. The first kappa shape index (κ1) is 11.9. The van der Waals surface area contributed by atoms with Gasteiger partial charge in [0.15, 0.2) is 0 Å². The Morgan fingerprint density at radius 1 is 1.67 bits per heavy atom. The number of cyclic esters (lactones) is 1. The zero-order chi connectivity index (χ0) is 11.3. The number of hydrogen-bond acceptors (Lipinski definition) is 5. The highest BCUT2D eigenvalue weighted by Gasteiger charge is 2.28. The van der Waals surface area contributed by atoms with Crippen LogP contribution >= 0.6 is 0 Å². The van der Waals surface area contributed by atoms with E-state index in [0.29, 0.717) is 19.6 Å². The lowest BCUT2D eigenvalue weighted by Crippen LogP contribution is -2.41. The van der Waals surface area contributed by atoms with Gasteiger partial charge in [0.2, 0.25) is 5.91 Å². The third-order valence-corrected chi connectivity index (χ3v) is 2.28. The fourth-order valence-corrected chi connectivity index (χ4v) is 1.39. The summed E-state index contributed by atoms with van der Waals surface area (Å²) in [5.41, 5.74) is 0. The summed E-state index contributed by atoms with van der Waals surface area (Å²) in [5, 5.41) is 8.74. The normalized spacial score (nSPS) is 15.9. The molecule has 1 fully saturated rings. The highest BCUT2D eigenvalue weighted by atomic mass is 16.6. The molecule has 0 saturated carbocycles. The van der Waals surface area contributed by atoms with Gasteiger partial charge in [-0.25, -0.2) is 9.69 Å². The summed E-state index contributed by atoms with van der Waals surface area (Å²) in [5.74, 6) is -0.271. The lowest BCUT2D eigenvalue weighted by molar-refractivity contribution is -0.129. The van der Waals surface area contributed by atoms with Crippen molar-refractivity contribution < 1.29 is 19.4 Å². The van der Waals surface area contributed by atoms with Gasteiger partial charge < -0.3 is 9.84 Å². The van der Waals surface area contributed by atoms with Gasteiger partial charge >= 0.3 is 6.09 Å². The predicted octanol–water partition coefficient (Wildman–Crippen LogP) is -0.721. The molecular weight excluding hydrogens is 200 g/mol. The van der Waals surface area contributed by atoms with Gasteiger partial charge in [-0.2, -0.15) is 0 Å². The standard InChI is InChI=1S/C9H16N2O4/c1-2-10(3-5-12)7-8(13)11-4-6-15-9(11)14/h12H,2-7H2,1H3. The molecule has 1 aliphatic heterocycles. The minimum absolute atomic E-state index is 0.00552. The quantitative estimate of drug-likeness (QED) is 0.656. The van der Waals surface area contributed by atoms with Crippen molar-refractivity contribution in [3.8, 4) is 0 Å². The molecule has 0 aromatic carbocycles. The first-order valence-corrected chi connectivity index (χ1v) is 4.99. The smallest absolute Gasteiger partial charge is 0.416 e. The highest BCUT2D eigenvalue weighted by Crippen LogP contribution is 2.04. The molecule has 1 rings (SSSR count). The summed E-state index contributed by atoms with van der Waals surface area (Å²) in [6.45, 7) is 3.74. The molecule has 0 bridgehead atoms. The van der Waals surface area contributed by atoms with Gasteiger partial charge in [0.05, 0.1) is 19.7 Å². The first-order valence-electron chi connectivity index (χ1n) is 4.99. The number of likely N-dealkylation sites (N-methyl/N-ethyl adjacent to an activating group) is 1. The van der Waals surface area contributed by atoms with E-state index in [1.54, 1.807) is 4.90 Å². The van der Waals surface area contributed by atoms with E-state index in [1.807, 2.05) is 6.92 Å². The topological polar surface area (TPSA) is 70.1 Å². The van der Waals surface area contributed by atoms with Gasteiger partial charge in [-0.15, -0.1) is 0 Å². The van der Waals surface area contributed by atoms with Crippen molar-refractivity contribution in [3.63, 3.8) is 0 Å². The van der Waals surface area contributed by atoms with Crippen LogP contribution in [0.5, 0.6) is 0 Å². The Morgan fingerprint density at radius 3 is 2.87 bits per heavy atom. The Labute approximate surface area is 88.4 Å². The maximum Gasteiger partial charge on any atom is 0.416 e. The second-order valence-corrected chi connectivity index (χ2v) is 3.25. The molecule has 1 N–H and O–H groups in total. The van der Waals surface area contributed by atoms with E-state index in [0.717, 1.165) is 4.90 Å². The van der Waals surface area contributed by atoms with Crippen LogP contribution in [0.25, 0.3) is 0 Å². The van der Waals surface area contributed by atoms with E-state index in [9.17, 15) is 9.59 Å². The van der Waals surface area contributed by atoms with Crippen LogP contribution < -0.4 is 0 Å². The number of nitrogens with zero attached hydrogens (tertiary/aromatic N) is 2. The van der Waals surface area contributed by atoms with Crippen LogP contribution in [0.2, 0.25) is 0 Å². The summed E-state index contributed by atoms with van der Waals surface area (Å²) in [6.07, 6.45) is -0.569. The average Bonchev–Trinajstić information content (AvgIpc) is 2.63. The van der Waals surface area contributed by atoms with E-state index in [4.69, 9.17) is 5.11 Å². The van der Waals surface area contributed by atoms with Gasteiger partial charge in [-0.1, -0.05) is 6.92 Å². The van der Waals surface area contributed by atoms with Gasteiger partial charge in [0.25, 0.3) is 0 Å². The lowest BCUT2D eigenvalue weighted by atomic mass is 10.4. The van der Waals surface area contributed by atoms with Crippen LogP contribution in [0.4, 0.5) is 4.79 Å². The van der Waals surface area contributed by atoms with E-state index >= 15 is 0 Å². The summed E-state index contributed by atoms with van der Waals surface area (Å²) in [7, 11) is 0. The molecule has 15 heavy (non-hydrogen) atoms. The third kappa shape index (κ3) is 3.17. The molecule has 6 nitrogen and oxygen atoms in total. The molecule has 1 aliphatic rings. The van der Waals surface area contributed by atoms with Crippen molar-refractivity contribution in [2.24, 2.45) is 0 Å². The molecule has 86 valence electrons. The number of amides is 2. The molecule has 1 heterocycles. The lowest BCUT2D eigenvalue weighted by Gasteiger charge is -2.20. The van der Waals surface area contributed by atoms with Crippen molar-refractivity contribution >= 4 is 12.0 Å². The van der Waals surface area contributed by atoms with Gasteiger partial charge in [0.1, 0.15) is 6.61 Å². The van der Waals surface area contributed by atoms with Gasteiger partial charge in [-0.05, 0) is 6.54 Å². The summed E-state index contributed by atoms with van der Waals surface area (Å²) >= 11 is 0. The van der Waals surface area contributed by atoms with Crippen LogP contribution in [-0.2, 0) is 9.53 Å². The number of imide groups is 1. The summed E-state index contributed by atoms with van der Waals surface area (Å²) < 4.78 is 4.66. The first-order chi connectivity index (χ1) is 7.19. The maximum atomic E-state index is 11.6. The van der Waals surface area contributed by atoms with Crippen LogP contribution in [0.1, 0.15) is 6.92 Å². The molecule has 0 radical (unpaired) electrons. The minimum Gasteiger partial charge on any atom is -0.447 e. The van der Waals surface area contributed by atoms with Crippen LogP contribution in [0, 0.1) is 0 Å². The highest BCUT2D eigenvalue weighted by molar-refractivity contribution is 5.93. The monoisotopic (exact) mass is 216 g/mol. The second kappa shape index (κ2) is 5.67. The third-order valence-electron chi connectivity index (χ3n) is 2.28. The number of carbonyl (C=O) groups is 2. The number of rotatable bonds is 5. The van der Waals surface area contributed by atoms with E-state index in [1.165, 1.54) is 0 Å². The molecule has 0 atom stereocenters. The Bertz CT molecular complexity index is 244. The van der Waals surface area contributed by atoms with Crippen molar-refractivity contribution in [1.82, 2.24) is 9.80 Å². The molecule has 0 spiro atoms. The molecular formula is C9H16N2O4.